The van der Waals surface area contributed by atoms with E-state index in [2.05, 4.69) is 91.0 Å². The predicted octanol–water partition coefficient (Wildman–Crippen LogP) is 2.20. The molecule has 0 aliphatic carbocycles. The molecule has 0 saturated carbocycles. The Morgan fingerprint density at radius 2 is 0.875 bits per heavy atom. The van der Waals surface area contributed by atoms with Gasteiger partial charge in [0.25, 0.3) is 0 Å². The van der Waals surface area contributed by atoms with Gasteiger partial charge in [-0.2, -0.15) is 0 Å². The molecule has 0 aromatic heterocycles. The molecule has 0 N–H and O–H groups in total. The van der Waals surface area contributed by atoms with Crippen LogP contribution in [0.4, 0.5) is 0 Å². The maximum absolute atomic E-state index is 8.89. The molecule has 3 aromatic rings. The van der Waals surface area contributed by atoms with E-state index in [1.165, 1.54) is 15.9 Å². The molecule has 0 aliphatic heterocycles. The van der Waals surface area contributed by atoms with Gasteiger partial charge >= 0.3 is 22.4 Å². The first-order valence-electron chi connectivity index (χ1n) is 7.31. The van der Waals surface area contributed by atoms with Crippen molar-refractivity contribution in [3.05, 3.63) is 91.0 Å². The zero-order valence-corrected chi connectivity index (χ0v) is 16.3. The first kappa shape index (κ1) is 20.3. The van der Waals surface area contributed by atoms with Crippen LogP contribution in [0.3, 0.4) is 0 Å². The predicted molar refractivity (Wildman–Crippen MR) is 95.8 cm³/mol. The second-order valence-electron chi connectivity index (χ2n) is 4.83. The summed E-state index contributed by atoms with van der Waals surface area (Å²) >= 11 is 0. The monoisotopic (exact) mass is 518 g/mol. The molecule has 0 saturated heterocycles. The van der Waals surface area contributed by atoms with E-state index in [4.69, 9.17) is 9.90 Å². The maximum atomic E-state index is 8.89. The third-order valence-corrected chi connectivity index (χ3v) is 5.49. The summed E-state index contributed by atoms with van der Waals surface area (Å²) < 4.78 is 0. The quantitative estimate of drug-likeness (QED) is 0.394. The second kappa shape index (κ2) is 11.0. The van der Waals surface area contributed by atoms with Crippen molar-refractivity contribution in [3.8, 4) is 0 Å². The van der Waals surface area contributed by atoms with Crippen molar-refractivity contribution in [2.75, 3.05) is 0 Å². The maximum Gasteiger partial charge on any atom is 1.00 e. The van der Waals surface area contributed by atoms with E-state index in [9.17, 15) is 0 Å². The Morgan fingerprint density at radius 1 is 0.667 bits per heavy atom. The average Bonchev–Trinajstić information content (AvgIpc) is 2.58. The van der Waals surface area contributed by atoms with Crippen LogP contribution in [0.5, 0.6) is 0 Å². The standard InChI is InChI=1S/C18H15P.C2H4O2.Au/c1-4-10-16(11-5-1)19(17-12-6-2-7-13-17)18-14-8-3-9-15-18;1-2(3)4;/h1-15H;1H3,(H,3,4);/q;;+1/p-1. The minimum absolute atomic E-state index is 0. The van der Waals surface area contributed by atoms with Crippen molar-refractivity contribution < 1.29 is 32.3 Å². The third-order valence-electron chi connectivity index (χ3n) is 3.04. The van der Waals surface area contributed by atoms with Crippen molar-refractivity contribution >= 4 is 29.8 Å². The molecule has 0 aliphatic rings. The molecule has 0 bridgehead atoms. The fraction of sp³-hybridized carbons (Fsp3) is 0.0500. The van der Waals surface area contributed by atoms with E-state index < -0.39 is 13.9 Å². The second-order valence-corrected chi connectivity index (χ2v) is 7.05. The number of aliphatic carboxylic acids is 1. The fourth-order valence-electron chi connectivity index (χ4n) is 2.18. The smallest absolute Gasteiger partial charge is 0.550 e. The van der Waals surface area contributed by atoms with Gasteiger partial charge in [-0.25, -0.2) is 0 Å². The molecule has 0 spiro atoms. The largest absolute Gasteiger partial charge is 1.00 e. The Morgan fingerprint density at radius 3 is 1.08 bits per heavy atom. The number of carbonyl (C=O) groups is 1. The van der Waals surface area contributed by atoms with Crippen LogP contribution in [0.25, 0.3) is 0 Å². The summed E-state index contributed by atoms with van der Waals surface area (Å²) in [4.78, 5) is 8.89. The zero-order valence-electron chi connectivity index (χ0n) is 13.2. The number of rotatable bonds is 3. The van der Waals surface area contributed by atoms with E-state index in [-0.39, 0.29) is 22.4 Å². The fourth-order valence-corrected chi connectivity index (χ4v) is 4.48. The van der Waals surface area contributed by atoms with Crippen LogP contribution in [0.1, 0.15) is 6.92 Å². The van der Waals surface area contributed by atoms with E-state index in [1.807, 2.05) is 0 Å². The van der Waals surface area contributed by atoms with Crippen LogP contribution in [0, 0.1) is 0 Å². The number of carboxylic acids is 1. The van der Waals surface area contributed by atoms with E-state index >= 15 is 0 Å². The topological polar surface area (TPSA) is 40.1 Å². The summed E-state index contributed by atoms with van der Waals surface area (Å²) in [6.07, 6.45) is 0. The van der Waals surface area contributed by atoms with Gasteiger partial charge in [-0.3, -0.25) is 0 Å². The molecule has 0 radical (unpaired) electrons. The van der Waals surface area contributed by atoms with Crippen LogP contribution < -0.4 is 21.0 Å². The van der Waals surface area contributed by atoms with Gasteiger partial charge in [-0.15, -0.1) is 0 Å². The van der Waals surface area contributed by atoms with Crippen LogP contribution in [-0.2, 0) is 27.2 Å². The summed E-state index contributed by atoms with van der Waals surface area (Å²) in [5.74, 6) is -1.08. The van der Waals surface area contributed by atoms with Gasteiger partial charge in [0, 0.05) is 5.97 Å². The average molecular weight is 518 g/mol. The Bertz CT molecular complexity index is 620. The summed E-state index contributed by atoms with van der Waals surface area (Å²) in [7, 11) is -0.446. The molecule has 2 nitrogen and oxygen atoms in total. The normalized spacial score (nSPS) is 9.42. The molecule has 126 valence electrons. The summed E-state index contributed by atoms with van der Waals surface area (Å²) in [6.45, 7) is 0.972. The molecule has 24 heavy (non-hydrogen) atoms. The molecule has 0 unspecified atom stereocenters. The summed E-state index contributed by atoms with van der Waals surface area (Å²) in [6, 6.07) is 32.3. The molecule has 0 amide bonds. The van der Waals surface area contributed by atoms with Gasteiger partial charge in [-0.1, -0.05) is 91.0 Å². The van der Waals surface area contributed by atoms with Gasteiger partial charge in [0.15, 0.2) is 0 Å². The first-order chi connectivity index (χ1) is 11.2. The molecule has 0 heterocycles. The number of hydrogen-bond donors (Lipinski definition) is 0. The minimum atomic E-state index is -1.08. The van der Waals surface area contributed by atoms with E-state index in [0.717, 1.165) is 6.92 Å². The van der Waals surface area contributed by atoms with Gasteiger partial charge < -0.3 is 9.90 Å². The van der Waals surface area contributed by atoms with E-state index in [1.54, 1.807) is 0 Å². The van der Waals surface area contributed by atoms with Gasteiger partial charge in [0.2, 0.25) is 0 Å². The van der Waals surface area contributed by atoms with Gasteiger partial charge in [0.05, 0.1) is 0 Å². The third kappa shape index (κ3) is 6.43. The van der Waals surface area contributed by atoms with Crippen molar-refractivity contribution in [2.24, 2.45) is 0 Å². The summed E-state index contributed by atoms with van der Waals surface area (Å²) in [5.41, 5.74) is 0. The molecule has 3 aromatic carbocycles. The minimum Gasteiger partial charge on any atom is -0.550 e. The van der Waals surface area contributed by atoms with Crippen LogP contribution in [0.15, 0.2) is 91.0 Å². The van der Waals surface area contributed by atoms with E-state index in [0.29, 0.717) is 0 Å². The number of carboxylic acid groups (broad SMARTS) is 1. The Labute approximate surface area is 159 Å². The molecule has 3 rings (SSSR count). The number of benzene rings is 3. The van der Waals surface area contributed by atoms with Crippen LogP contribution in [-0.4, -0.2) is 5.97 Å². The Hall–Kier alpha value is -1.70. The number of carbonyl (C=O) groups excluding carboxylic acids is 1. The first-order valence-corrected chi connectivity index (χ1v) is 8.65. The zero-order chi connectivity index (χ0) is 16.5. The molecule has 0 fully saturated rings. The van der Waals surface area contributed by atoms with Crippen LogP contribution in [0.2, 0.25) is 0 Å². The molecular weight excluding hydrogens is 500 g/mol. The van der Waals surface area contributed by atoms with Gasteiger partial charge in [0.1, 0.15) is 0 Å². The molecular formula is C20H18AuO2P. The van der Waals surface area contributed by atoms with Crippen LogP contribution >= 0.6 is 7.92 Å². The van der Waals surface area contributed by atoms with Crippen molar-refractivity contribution in [2.45, 2.75) is 6.92 Å². The Kier molecular flexibility index (Phi) is 9.29. The van der Waals surface area contributed by atoms with Gasteiger partial charge in [-0.05, 0) is 30.8 Å². The van der Waals surface area contributed by atoms with Crippen molar-refractivity contribution in [3.63, 3.8) is 0 Å². The Balaban J connectivity index is 0.000000522. The molecule has 4 heteroatoms. The van der Waals surface area contributed by atoms with Crippen molar-refractivity contribution in [1.29, 1.82) is 0 Å². The number of hydrogen-bond acceptors (Lipinski definition) is 2. The molecule has 0 atom stereocenters. The SMILES string of the molecule is CC(=O)[O-].[Au+].c1ccc(P(c2ccccc2)c2ccccc2)cc1. The summed E-state index contributed by atoms with van der Waals surface area (Å²) in [5, 5.41) is 13.1. The van der Waals surface area contributed by atoms with Crippen molar-refractivity contribution in [1.82, 2.24) is 0 Å².